The van der Waals surface area contributed by atoms with Crippen molar-refractivity contribution in [3.63, 3.8) is 0 Å². The van der Waals surface area contributed by atoms with Crippen LogP contribution >= 0.6 is 11.6 Å². The number of hydrogen-bond donors (Lipinski definition) is 1. The summed E-state index contributed by atoms with van der Waals surface area (Å²) in [6.45, 7) is 6.58. The molecule has 0 heterocycles. The van der Waals surface area contributed by atoms with E-state index < -0.39 is 26.6 Å². The lowest BCUT2D eigenvalue weighted by molar-refractivity contribution is 0.0745. The number of carbonyl (C=O) groups is 1. The first-order chi connectivity index (χ1) is 9.57. The molecule has 1 aromatic rings. The number of nitrogens with two attached hydrogens (primary N) is 1. The van der Waals surface area contributed by atoms with E-state index in [4.69, 9.17) is 16.7 Å². The molecular formula is C13H18ClFN2O3S. The van der Waals surface area contributed by atoms with Crippen molar-refractivity contribution >= 4 is 27.5 Å². The molecule has 0 unspecified atom stereocenters. The second-order valence-corrected chi connectivity index (χ2v) is 6.98. The molecule has 0 bridgehead atoms. The molecule has 21 heavy (non-hydrogen) atoms. The van der Waals surface area contributed by atoms with E-state index in [0.29, 0.717) is 13.1 Å². The topological polar surface area (TPSA) is 80.5 Å². The molecule has 0 fully saturated rings. The summed E-state index contributed by atoms with van der Waals surface area (Å²) in [6, 6.07) is 1.68. The number of rotatable bonds is 5. The number of carbonyl (C=O) groups excluding carboxylic acids is 1. The minimum absolute atomic E-state index is 0.0791. The van der Waals surface area contributed by atoms with Gasteiger partial charge in [-0.1, -0.05) is 25.4 Å². The van der Waals surface area contributed by atoms with Crippen LogP contribution in [-0.2, 0) is 10.0 Å². The van der Waals surface area contributed by atoms with Crippen LogP contribution in [0.4, 0.5) is 4.39 Å². The highest BCUT2D eigenvalue weighted by atomic mass is 35.5. The van der Waals surface area contributed by atoms with Crippen molar-refractivity contribution in [2.24, 2.45) is 11.1 Å². The van der Waals surface area contributed by atoms with Crippen molar-refractivity contribution in [1.82, 2.24) is 4.90 Å². The minimum atomic E-state index is -4.27. The van der Waals surface area contributed by atoms with Crippen LogP contribution in [0.1, 0.15) is 31.1 Å². The third-order valence-electron chi connectivity index (χ3n) is 2.81. The largest absolute Gasteiger partial charge is 0.339 e. The van der Waals surface area contributed by atoms with Crippen LogP contribution in [0, 0.1) is 11.7 Å². The van der Waals surface area contributed by atoms with Crippen LogP contribution in [0.25, 0.3) is 0 Å². The highest BCUT2D eigenvalue weighted by Crippen LogP contribution is 2.24. The van der Waals surface area contributed by atoms with Gasteiger partial charge in [-0.2, -0.15) is 0 Å². The molecule has 1 amide bonds. The summed E-state index contributed by atoms with van der Waals surface area (Å²) < 4.78 is 36.3. The first-order valence-electron chi connectivity index (χ1n) is 6.39. The van der Waals surface area contributed by atoms with Gasteiger partial charge in [0.05, 0.1) is 10.6 Å². The van der Waals surface area contributed by atoms with E-state index in [1.54, 1.807) is 6.92 Å². The zero-order valence-electron chi connectivity index (χ0n) is 12.1. The summed E-state index contributed by atoms with van der Waals surface area (Å²) in [5.74, 6) is -1.31. The van der Waals surface area contributed by atoms with Gasteiger partial charge in [0.2, 0.25) is 10.0 Å². The Morgan fingerprint density at radius 1 is 1.43 bits per heavy atom. The Morgan fingerprint density at radius 3 is 2.43 bits per heavy atom. The number of benzene rings is 1. The maximum Gasteiger partial charge on any atom is 0.255 e. The number of primary sulfonamides is 1. The molecule has 0 saturated heterocycles. The highest BCUT2D eigenvalue weighted by molar-refractivity contribution is 7.89. The minimum Gasteiger partial charge on any atom is -0.339 e. The predicted molar refractivity (Wildman–Crippen MR) is 79.2 cm³/mol. The van der Waals surface area contributed by atoms with Gasteiger partial charge in [-0.25, -0.2) is 17.9 Å². The Bertz CT molecular complexity index is 647. The average Bonchev–Trinajstić information content (AvgIpc) is 2.33. The zero-order valence-corrected chi connectivity index (χ0v) is 13.6. The number of hydrogen-bond acceptors (Lipinski definition) is 3. The smallest absolute Gasteiger partial charge is 0.255 e. The molecule has 8 heteroatoms. The molecule has 0 saturated carbocycles. The number of halogens is 2. The fourth-order valence-electron chi connectivity index (χ4n) is 1.88. The molecule has 0 aliphatic rings. The summed E-state index contributed by atoms with van der Waals surface area (Å²) in [5, 5.41) is 4.78. The second-order valence-electron chi connectivity index (χ2n) is 5.05. The second kappa shape index (κ2) is 6.72. The Balaban J connectivity index is 3.33. The van der Waals surface area contributed by atoms with E-state index in [2.05, 4.69) is 0 Å². The quantitative estimate of drug-likeness (QED) is 0.895. The van der Waals surface area contributed by atoms with E-state index in [-0.39, 0.29) is 16.5 Å². The summed E-state index contributed by atoms with van der Waals surface area (Å²) >= 11 is 5.86. The summed E-state index contributed by atoms with van der Waals surface area (Å²) in [5.41, 5.74) is -0.0791. The standard InChI is InChI=1S/C13H18ClFN2O3S/c1-4-17(7-8(2)3)13(18)9-5-12(21(16,19)20)11(15)6-10(9)14/h5-6,8H,4,7H2,1-3H3,(H2,16,19,20). The molecule has 0 atom stereocenters. The summed E-state index contributed by atoms with van der Waals surface area (Å²) in [4.78, 5) is 13.2. The average molecular weight is 337 g/mol. The number of nitrogens with zero attached hydrogens (tertiary/aromatic N) is 1. The van der Waals surface area contributed by atoms with E-state index in [9.17, 15) is 17.6 Å². The van der Waals surface area contributed by atoms with Crippen molar-refractivity contribution in [1.29, 1.82) is 0 Å². The molecule has 0 spiro atoms. The lowest BCUT2D eigenvalue weighted by atomic mass is 10.1. The van der Waals surface area contributed by atoms with Crippen molar-refractivity contribution in [2.75, 3.05) is 13.1 Å². The number of sulfonamides is 1. The molecule has 0 aliphatic carbocycles. The Labute approximate surface area is 128 Å². The van der Waals surface area contributed by atoms with E-state index in [0.717, 1.165) is 12.1 Å². The molecule has 0 radical (unpaired) electrons. The molecular weight excluding hydrogens is 319 g/mol. The monoisotopic (exact) mass is 336 g/mol. The first-order valence-corrected chi connectivity index (χ1v) is 8.31. The summed E-state index contributed by atoms with van der Waals surface area (Å²) in [7, 11) is -4.27. The van der Waals surface area contributed by atoms with Crippen molar-refractivity contribution in [3.8, 4) is 0 Å². The third kappa shape index (κ3) is 4.39. The normalized spacial score (nSPS) is 11.8. The van der Waals surface area contributed by atoms with Crippen LogP contribution in [0.2, 0.25) is 5.02 Å². The van der Waals surface area contributed by atoms with Crippen molar-refractivity contribution < 1.29 is 17.6 Å². The van der Waals surface area contributed by atoms with Crippen LogP contribution in [0.5, 0.6) is 0 Å². The zero-order chi connectivity index (χ0) is 16.4. The van der Waals surface area contributed by atoms with Gasteiger partial charge in [0.1, 0.15) is 10.7 Å². The van der Waals surface area contributed by atoms with Crippen LogP contribution in [0.3, 0.4) is 0 Å². The van der Waals surface area contributed by atoms with Crippen molar-refractivity contribution in [3.05, 3.63) is 28.5 Å². The van der Waals surface area contributed by atoms with E-state index >= 15 is 0 Å². The van der Waals surface area contributed by atoms with Gasteiger partial charge < -0.3 is 4.90 Å². The third-order valence-corrected chi connectivity index (χ3v) is 4.05. The Morgan fingerprint density at radius 2 is 2.00 bits per heavy atom. The fourth-order valence-corrected chi connectivity index (χ4v) is 2.72. The molecule has 2 N–H and O–H groups in total. The van der Waals surface area contributed by atoms with Crippen LogP contribution in [-0.4, -0.2) is 32.3 Å². The SMILES string of the molecule is CCN(CC(C)C)C(=O)c1cc(S(N)(=O)=O)c(F)cc1Cl. The molecule has 5 nitrogen and oxygen atoms in total. The van der Waals surface area contributed by atoms with Crippen LogP contribution < -0.4 is 5.14 Å². The first kappa shape index (κ1) is 17.9. The van der Waals surface area contributed by atoms with Gasteiger partial charge in [-0.3, -0.25) is 4.79 Å². The highest BCUT2D eigenvalue weighted by Gasteiger charge is 2.23. The van der Waals surface area contributed by atoms with E-state index in [1.807, 2.05) is 13.8 Å². The fraction of sp³-hybridized carbons (Fsp3) is 0.462. The maximum atomic E-state index is 13.6. The van der Waals surface area contributed by atoms with Gasteiger partial charge in [-0.15, -0.1) is 0 Å². The summed E-state index contributed by atoms with van der Waals surface area (Å²) in [6.07, 6.45) is 0. The molecule has 0 aromatic heterocycles. The molecule has 1 aromatic carbocycles. The van der Waals surface area contributed by atoms with Gasteiger partial charge in [-0.05, 0) is 25.0 Å². The number of amides is 1. The Kier molecular flexibility index (Phi) is 5.72. The van der Waals surface area contributed by atoms with Gasteiger partial charge >= 0.3 is 0 Å². The lowest BCUT2D eigenvalue weighted by Crippen LogP contribution is -2.34. The maximum absolute atomic E-state index is 13.6. The molecule has 0 aliphatic heterocycles. The predicted octanol–water partition coefficient (Wildman–Crippen LogP) is 2.24. The molecule has 1 rings (SSSR count). The van der Waals surface area contributed by atoms with Gasteiger partial charge in [0, 0.05) is 13.1 Å². The van der Waals surface area contributed by atoms with Gasteiger partial charge in [0.15, 0.2) is 0 Å². The van der Waals surface area contributed by atoms with Crippen molar-refractivity contribution in [2.45, 2.75) is 25.7 Å². The Hall–Kier alpha value is -1.18. The van der Waals surface area contributed by atoms with Crippen LogP contribution in [0.15, 0.2) is 17.0 Å². The molecule has 118 valence electrons. The van der Waals surface area contributed by atoms with E-state index in [1.165, 1.54) is 4.90 Å². The lowest BCUT2D eigenvalue weighted by Gasteiger charge is -2.23. The van der Waals surface area contributed by atoms with Gasteiger partial charge in [0.25, 0.3) is 5.91 Å².